The smallest absolute Gasteiger partial charge is 0.241 e. The summed E-state index contributed by atoms with van der Waals surface area (Å²) in [6.07, 6.45) is 3.32. The first-order chi connectivity index (χ1) is 4.47. The lowest BCUT2D eigenvalue weighted by Crippen LogP contribution is -2.23. The topological polar surface area (TPSA) is 40.3 Å². The third-order valence-electron chi connectivity index (χ3n) is 1.26. The Morgan fingerprint density at radius 2 is 2.44 bits per heavy atom. The average molecular weight is 122 g/mol. The summed E-state index contributed by atoms with van der Waals surface area (Å²) in [6.45, 7) is 1.70. The number of hydrogen-bond acceptors (Lipinski definition) is 4. The molecule has 0 saturated carbocycles. The molecule has 0 aromatic carbocycles. The van der Waals surface area contributed by atoms with Crippen LogP contribution in [0.5, 0.6) is 0 Å². The summed E-state index contributed by atoms with van der Waals surface area (Å²) in [4.78, 5) is 8.08. The van der Waals surface area contributed by atoms with Gasteiger partial charge in [0.15, 0.2) is 0 Å². The number of rotatable bonds is 0. The molecule has 2 aliphatic rings. The summed E-state index contributed by atoms with van der Waals surface area (Å²) < 4.78 is 0. The van der Waals surface area contributed by atoms with Crippen LogP contribution in [0.15, 0.2) is 15.1 Å². The maximum atomic E-state index is 4.09. The van der Waals surface area contributed by atoms with Gasteiger partial charge in [-0.3, -0.25) is 0 Å². The van der Waals surface area contributed by atoms with Crippen LogP contribution < -0.4 is 0 Å². The van der Waals surface area contributed by atoms with E-state index in [1.807, 2.05) is 0 Å². The Kier molecular flexibility index (Phi) is 0.855. The molecule has 0 aromatic rings. The third kappa shape index (κ3) is 0.630. The van der Waals surface area contributed by atoms with Crippen LogP contribution in [0.25, 0.3) is 0 Å². The van der Waals surface area contributed by atoms with Crippen molar-refractivity contribution in [2.75, 3.05) is 13.1 Å². The van der Waals surface area contributed by atoms with Crippen molar-refractivity contribution in [3.63, 3.8) is 0 Å². The molecule has 0 saturated heterocycles. The van der Waals surface area contributed by atoms with Gasteiger partial charge in [0.1, 0.15) is 0 Å². The number of hydrogen-bond donors (Lipinski definition) is 0. The van der Waals surface area contributed by atoms with Gasteiger partial charge in [-0.2, -0.15) is 5.10 Å². The summed E-state index contributed by atoms with van der Waals surface area (Å²) in [5.74, 6) is 0.748. The standard InChI is InChI=1S/C5H6N4/c1-2-8-9-4-3-7-5(9)6-1/h1-2H,3-4H2. The highest BCUT2D eigenvalue weighted by Crippen LogP contribution is 2.03. The van der Waals surface area contributed by atoms with Crippen molar-refractivity contribution in [3.05, 3.63) is 0 Å². The lowest BCUT2D eigenvalue weighted by Gasteiger charge is -2.10. The highest BCUT2D eigenvalue weighted by Gasteiger charge is 2.15. The van der Waals surface area contributed by atoms with Crippen LogP contribution in [-0.2, 0) is 0 Å². The molecule has 2 aliphatic heterocycles. The van der Waals surface area contributed by atoms with E-state index in [2.05, 4.69) is 15.1 Å². The molecule has 0 unspecified atom stereocenters. The Labute approximate surface area is 52.6 Å². The quantitative estimate of drug-likeness (QED) is 0.436. The molecular formula is C5H6N4. The second-order valence-electron chi connectivity index (χ2n) is 1.85. The maximum absolute atomic E-state index is 4.09. The predicted molar refractivity (Wildman–Crippen MR) is 36.0 cm³/mol. The number of nitrogens with zero attached hydrogens (tertiary/aromatic N) is 4. The van der Waals surface area contributed by atoms with Crippen LogP contribution in [0.2, 0.25) is 0 Å². The van der Waals surface area contributed by atoms with Gasteiger partial charge in [0.25, 0.3) is 0 Å². The summed E-state index contributed by atoms with van der Waals surface area (Å²) in [7, 11) is 0. The SMILES string of the molecule is C1=NC2=NCCN2N=C1. The number of guanidine groups is 1. The van der Waals surface area contributed by atoms with Gasteiger partial charge in [-0.05, 0) is 0 Å². The van der Waals surface area contributed by atoms with E-state index in [0.717, 1.165) is 19.0 Å². The minimum Gasteiger partial charge on any atom is -0.248 e. The van der Waals surface area contributed by atoms with E-state index in [9.17, 15) is 0 Å². The van der Waals surface area contributed by atoms with E-state index >= 15 is 0 Å². The van der Waals surface area contributed by atoms with E-state index in [-0.39, 0.29) is 0 Å². The Hall–Kier alpha value is -1.19. The van der Waals surface area contributed by atoms with Crippen molar-refractivity contribution in [2.45, 2.75) is 0 Å². The van der Waals surface area contributed by atoms with Crippen molar-refractivity contribution < 1.29 is 0 Å². The lowest BCUT2D eigenvalue weighted by molar-refractivity contribution is 0.486. The number of aliphatic imine (C=N–C) groups is 2. The zero-order valence-corrected chi connectivity index (χ0v) is 4.86. The molecule has 4 heteroatoms. The minimum absolute atomic E-state index is 0.748. The molecule has 2 heterocycles. The van der Waals surface area contributed by atoms with E-state index < -0.39 is 0 Å². The minimum atomic E-state index is 0.748. The zero-order chi connectivity index (χ0) is 6.10. The van der Waals surface area contributed by atoms with Gasteiger partial charge in [0, 0.05) is 0 Å². The summed E-state index contributed by atoms with van der Waals surface area (Å²) >= 11 is 0. The van der Waals surface area contributed by atoms with Crippen molar-refractivity contribution in [2.24, 2.45) is 15.1 Å². The van der Waals surface area contributed by atoms with Crippen molar-refractivity contribution in [3.8, 4) is 0 Å². The normalized spacial score (nSPS) is 22.2. The second-order valence-corrected chi connectivity index (χ2v) is 1.85. The molecule has 0 aromatic heterocycles. The molecule has 0 amide bonds. The first-order valence-corrected chi connectivity index (χ1v) is 2.85. The zero-order valence-electron chi connectivity index (χ0n) is 4.86. The number of fused-ring (bicyclic) bond motifs is 1. The molecule has 0 fully saturated rings. The first kappa shape index (κ1) is 4.67. The highest BCUT2D eigenvalue weighted by molar-refractivity contribution is 6.20. The Bertz CT molecular complexity index is 200. The van der Waals surface area contributed by atoms with E-state index in [1.165, 1.54) is 0 Å². The summed E-state index contributed by atoms with van der Waals surface area (Å²) in [5, 5.41) is 5.81. The second kappa shape index (κ2) is 1.65. The van der Waals surface area contributed by atoms with Crippen molar-refractivity contribution >= 4 is 18.4 Å². The fraction of sp³-hybridized carbons (Fsp3) is 0.400. The van der Waals surface area contributed by atoms with E-state index in [0.29, 0.717) is 0 Å². The van der Waals surface area contributed by atoms with Crippen LogP contribution in [-0.4, -0.2) is 36.5 Å². The average Bonchev–Trinajstić information content (AvgIpc) is 2.33. The van der Waals surface area contributed by atoms with E-state index in [1.54, 1.807) is 17.4 Å². The van der Waals surface area contributed by atoms with Gasteiger partial charge >= 0.3 is 0 Å². The predicted octanol–water partition coefficient (Wildman–Crippen LogP) is -0.272. The molecule has 4 nitrogen and oxygen atoms in total. The Morgan fingerprint density at radius 1 is 1.44 bits per heavy atom. The van der Waals surface area contributed by atoms with Gasteiger partial charge in [0.05, 0.1) is 25.5 Å². The maximum Gasteiger partial charge on any atom is 0.241 e. The first-order valence-electron chi connectivity index (χ1n) is 2.85. The molecule has 9 heavy (non-hydrogen) atoms. The van der Waals surface area contributed by atoms with Gasteiger partial charge < -0.3 is 0 Å². The fourth-order valence-corrected chi connectivity index (χ4v) is 0.853. The molecule has 0 bridgehead atoms. The van der Waals surface area contributed by atoms with Crippen LogP contribution in [0.1, 0.15) is 0 Å². The molecular weight excluding hydrogens is 116 g/mol. The Morgan fingerprint density at radius 3 is 3.33 bits per heavy atom. The van der Waals surface area contributed by atoms with Crippen LogP contribution in [0.4, 0.5) is 0 Å². The molecule has 0 atom stereocenters. The molecule has 0 N–H and O–H groups in total. The lowest BCUT2D eigenvalue weighted by atomic mass is 10.6. The molecule has 0 radical (unpaired) electrons. The molecule has 46 valence electrons. The highest BCUT2D eigenvalue weighted by atomic mass is 15.5. The van der Waals surface area contributed by atoms with Crippen molar-refractivity contribution in [1.82, 2.24) is 5.01 Å². The van der Waals surface area contributed by atoms with Crippen LogP contribution in [0.3, 0.4) is 0 Å². The van der Waals surface area contributed by atoms with Gasteiger partial charge in [0.2, 0.25) is 5.96 Å². The summed E-state index contributed by atoms with van der Waals surface area (Å²) in [6, 6.07) is 0. The van der Waals surface area contributed by atoms with Crippen LogP contribution in [0, 0.1) is 0 Å². The third-order valence-corrected chi connectivity index (χ3v) is 1.26. The van der Waals surface area contributed by atoms with E-state index in [4.69, 9.17) is 0 Å². The monoisotopic (exact) mass is 122 g/mol. The van der Waals surface area contributed by atoms with Crippen molar-refractivity contribution in [1.29, 1.82) is 0 Å². The summed E-state index contributed by atoms with van der Waals surface area (Å²) in [5.41, 5.74) is 0. The fourth-order valence-electron chi connectivity index (χ4n) is 0.853. The molecule has 2 rings (SSSR count). The van der Waals surface area contributed by atoms with Gasteiger partial charge in [-0.15, -0.1) is 0 Å². The largest absolute Gasteiger partial charge is 0.248 e. The van der Waals surface area contributed by atoms with Crippen LogP contribution >= 0.6 is 0 Å². The molecule has 0 aliphatic carbocycles. The van der Waals surface area contributed by atoms with Gasteiger partial charge in [-0.1, -0.05) is 0 Å². The molecule has 0 spiro atoms. The number of hydrazone groups is 1. The Balaban J connectivity index is 2.33. The van der Waals surface area contributed by atoms with Gasteiger partial charge in [-0.25, -0.2) is 15.0 Å².